The van der Waals surface area contributed by atoms with E-state index in [9.17, 15) is 29.1 Å². The van der Waals surface area contributed by atoms with Crippen LogP contribution in [0, 0.1) is 5.92 Å². The highest BCUT2D eigenvalue weighted by atomic mass is 16.5. The maximum atomic E-state index is 12.7. The largest absolute Gasteiger partial charge is 0.479 e. The molecule has 1 saturated heterocycles. The number of esters is 1. The highest BCUT2D eigenvalue weighted by Gasteiger charge is 2.58. The topological polar surface area (TPSA) is 185 Å². The second kappa shape index (κ2) is 13.9. The molecule has 0 aliphatic carbocycles. The summed E-state index contributed by atoms with van der Waals surface area (Å²) >= 11 is 0. The molecule has 1 fully saturated rings. The number of carbonyl (C=O) groups excluding carboxylic acids is 2. The molecule has 0 bridgehead atoms. The van der Waals surface area contributed by atoms with E-state index >= 15 is 0 Å². The van der Waals surface area contributed by atoms with Crippen LogP contribution in [-0.4, -0.2) is 74.7 Å². The number of benzene rings is 1. The number of ether oxygens (including phenoxy) is 1. The first-order valence-corrected chi connectivity index (χ1v) is 11.1. The molecule has 5 N–H and O–H groups in total. The third-order valence-corrected chi connectivity index (χ3v) is 5.53. The summed E-state index contributed by atoms with van der Waals surface area (Å²) in [4.78, 5) is 58.1. The van der Waals surface area contributed by atoms with Gasteiger partial charge in [-0.2, -0.15) is 0 Å². The molecule has 0 unspecified atom stereocenters. The standard InChI is InChI=1S/C20H28N2O5.C4H4O4/c1-3-27-18(24)16(11-10-15-8-5-4-6-9-15)20(19(25)26)12-7-13-22(20)17(23)14(2)21;5-3(6)1-2-4(7)8/h4-6,8-9,14,16H,3,7,10-13,21H2,1-2H3,(H,25,26);1-2H,(H,5,6)(H,7,8)/b;2-1-/t14-,16+,20+;/m0./s1. The first-order chi connectivity index (χ1) is 16.5. The van der Waals surface area contributed by atoms with E-state index < -0.39 is 47.3 Å². The zero-order chi connectivity index (χ0) is 26.6. The number of carbonyl (C=O) groups is 5. The van der Waals surface area contributed by atoms with Crippen LogP contribution in [0.15, 0.2) is 42.5 Å². The van der Waals surface area contributed by atoms with Gasteiger partial charge in [0.25, 0.3) is 0 Å². The molecule has 0 saturated carbocycles. The van der Waals surface area contributed by atoms with E-state index in [1.165, 1.54) is 11.8 Å². The fourth-order valence-electron chi connectivity index (χ4n) is 4.02. The summed E-state index contributed by atoms with van der Waals surface area (Å²) in [5.41, 5.74) is 5.11. The van der Waals surface area contributed by atoms with E-state index in [0.717, 1.165) is 5.56 Å². The smallest absolute Gasteiger partial charge is 0.330 e. The monoisotopic (exact) mass is 492 g/mol. The first-order valence-electron chi connectivity index (χ1n) is 11.1. The van der Waals surface area contributed by atoms with Crippen LogP contribution in [0.25, 0.3) is 0 Å². The molecular formula is C24H32N2O9. The van der Waals surface area contributed by atoms with Crippen LogP contribution in [0.4, 0.5) is 0 Å². The van der Waals surface area contributed by atoms with Gasteiger partial charge in [0.2, 0.25) is 5.91 Å². The Morgan fingerprint density at radius 3 is 2.11 bits per heavy atom. The van der Waals surface area contributed by atoms with E-state index in [2.05, 4.69) is 0 Å². The molecule has 0 aromatic heterocycles. The number of carboxylic acid groups (broad SMARTS) is 3. The third-order valence-electron chi connectivity index (χ3n) is 5.53. The van der Waals surface area contributed by atoms with Crippen LogP contribution in [0.3, 0.4) is 0 Å². The number of rotatable bonds is 10. The molecule has 11 nitrogen and oxygen atoms in total. The normalized spacial score (nSPS) is 18.8. The summed E-state index contributed by atoms with van der Waals surface area (Å²) in [5.74, 6) is -5.69. The minimum Gasteiger partial charge on any atom is -0.479 e. The van der Waals surface area contributed by atoms with Crippen LogP contribution < -0.4 is 5.73 Å². The predicted molar refractivity (Wildman–Crippen MR) is 124 cm³/mol. The highest BCUT2D eigenvalue weighted by molar-refractivity contribution is 5.94. The Balaban J connectivity index is 0.000000658. The van der Waals surface area contributed by atoms with E-state index in [0.29, 0.717) is 25.0 Å². The molecule has 3 atom stereocenters. The Kier molecular flexibility index (Phi) is 11.6. The van der Waals surface area contributed by atoms with Crippen LogP contribution in [0.5, 0.6) is 0 Å². The second-order valence-electron chi connectivity index (χ2n) is 7.95. The molecule has 11 heteroatoms. The molecule has 1 amide bonds. The lowest BCUT2D eigenvalue weighted by atomic mass is 9.77. The minimum absolute atomic E-state index is 0.150. The third kappa shape index (κ3) is 8.21. The summed E-state index contributed by atoms with van der Waals surface area (Å²) < 4.78 is 5.20. The summed E-state index contributed by atoms with van der Waals surface area (Å²) in [6.07, 6.45) is 2.62. The minimum atomic E-state index is -1.62. The van der Waals surface area contributed by atoms with Gasteiger partial charge in [-0.1, -0.05) is 30.3 Å². The molecular weight excluding hydrogens is 460 g/mol. The molecule has 1 aromatic rings. The van der Waals surface area contributed by atoms with Gasteiger partial charge < -0.3 is 30.7 Å². The van der Waals surface area contributed by atoms with Crippen molar-refractivity contribution >= 4 is 29.8 Å². The number of amides is 1. The van der Waals surface area contributed by atoms with Gasteiger partial charge in [-0.25, -0.2) is 14.4 Å². The summed E-state index contributed by atoms with van der Waals surface area (Å²) in [6.45, 7) is 3.63. The Morgan fingerprint density at radius 1 is 1.09 bits per heavy atom. The van der Waals surface area contributed by atoms with E-state index in [4.69, 9.17) is 20.7 Å². The number of carboxylic acids is 3. The molecule has 35 heavy (non-hydrogen) atoms. The van der Waals surface area contributed by atoms with Crippen molar-refractivity contribution < 1.29 is 44.0 Å². The Morgan fingerprint density at radius 2 is 1.66 bits per heavy atom. The number of aliphatic carboxylic acids is 3. The fraction of sp³-hybridized carbons (Fsp3) is 0.458. The average Bonchev–Trinajstić information content (AvgIpc) is 3.24. The van der Waals surface area contributed by atoms with Crippen LogP contribution in [0.2, 0.25) is 0 Å². The highest BCUT2D eigenvalue weighted by Crippen LogP contribution is 2.40. The molecule has 1 aromatic carbocycles. The summed E-state index contributed by atoms with van der Waals surface area (Å²) in [7, 11) is 0. The average molecular weight is 493 g/mol. The maximum absolute atomic E-state index is 12.7. The quantitative estimate of drug-likeness (QED) is 0.274. The van der Waals surface area contributed by atoms with Gasteiger partial charge >= 0.3 is 23.9 Å². The number of aryl methyl sites for hydroxylation is 1. The Bertz CT molecular complexity index is 914. The van der Waals surface area contributed by atoms with Crippen molar-refractivity contribution in [2.75, 3.05) is 13.2 Å². The van der Waals surface area contributed by atoms with Crippen LogP contribution >= 0.6 is 0 Å². The van der Waals surface area contributed by atoms with Crippen molar-refractivity contribution in [2.45, 2.75) is 51.1 Å². The lowest BCUT2D eigenvalue weighted by Gasteiger charge is -2.40. The Hall–Kier alpha value is -3.73. The number of likely N-dealkylation sites (tertiary alicyclic amines) is 1. The number of nitrogens with zero attached hydrogens (tertiary/aromatic N) is 1. The fourth-order valence-corrected chi connectivity index (χ4v) is 4.02. The summed E-state index contributed by atoms with van der Waals surface area (Å²) in [6, 6.07) is 8.70. The van der Waals surface area contributed by atoms with Crippen molar-refractivity contribution in [3.05, 3.63) is 48.0 Å². The molecule has 0 radical (unpaired) electrons. The zero-order valence-electron chi connectivity index (χ0n) is 19.8. The van der Waals surface area contributed by atoms with Gasteiger partial charge in [-0.05, 0) is 45.1 Å². The van der Waals surface area contributed by atoms with Crippen LogP contribution in [-0.2, 0) is 35.1 Å². The van der Waals surface area contributed by atoms with Crippen molar-refractivity contribution in [2.24, 2.45) is 11.7 Å². The van der Waals surface area contributed by atoms with E-state index in [1.54, 1.807) is 6.92 Å². The van der Waals surface area contributed by atoms with Crippen molar-refractivity contribution in [1.82, 2.24) is 4.90 Å². The second-order valence-corrected chi connectivity index (χ2v) is 7.95. The van der Waals surface area contributed by atoms with Crippen molar-refractivity contribution in [1.29, 1.82) is 0 Å². The zero-order valence-corrected chi connectivity index (χ0v) is 19.8. The number of nitrogens with two attached hydrogens (primary N) is 1. The van der Waals surface area contributed by atoms with Crippen LogP contribution in [0.1, 0.15) is 38.7 Å². The lowest BCUT2D eigenvalue weighted by molar-refractivity contribution is -0.170. The first kappa shape index (κ1) is 29.3. The molecule has 1 aliphatic heterocycles. The molecule has 1 heterocycles. The molecule has 1 aliphatic rings. The lowest BCUT2D eigenvalue weighted by Crippen LogP contribution is -2.62. The molecule has 192 valence electrons. The number of hydrogen-bond acceptors (Lipinski definition) is 7. The van der Waals surface area contributed by atoms with Gasteiger partial charge in [-0.3, -0.25) is 9.59 Å². The van der Waals surface area contributed by atoms with Gasteiger partial charge in [0.05, 0.1) is 18.6 Å². The van der Waals surface area contributed by atoms with E-state index in [-0.39, 0.29) is 26.0 Å². The van der Waals surface area contributed by atoms with E-state index in [1.807, 2.05) is 30.3 Å². The SMILES string of the molecule is CCOC(=O)[C@@H](CCc1ccccc1)[C@@]1(C(=O)O)CCCN1C(=O)[C@H](C)N.O=C(O)/C=C\C(=O)O. The van der Waals surface area contributed by atoms with Gasteiger partial charge in [0, 0.05) is 18.7 Å². The Labute approximate surface area is 203 Å². The van der Waals surface area contributed by atoms with Crippen molar-refractivity contribution in [3.8, 4) is 0 Å². The van der Waals surface area contributed by atoms with Gasteiger partial charge in [0.1, 0.15) is 0 Å². The number of hydrogen-bond donors (Lipinski definition) is 4. The summed E-state index contributed by atoms with van der Waals surface area (Å²) in [5, 5.41) is 25.7. The van der Waals surface area contributed by atoms with Gasteiger partial charge in [-0.15, -0.1) is 0 Å². The van der Waals surface area contributed by atoms with Crippen molar-refractivity contribution in [3.63, 3.8) is 0 Å². The predicted octanol–water partition coefficient (Wildman–Crippen LogP) is 1.30. The molecule has 2 rings (SSSR count). The van der Waals surface area contributed by atoms with Gasteiger partial charge in [0.15, 0.2) is 5.54 Å². The maximum Gasteiger partial charge on any atom is 0.330 e. The molecule has 0 spiro atoms.